The topological polar surface area (TPSA) is 54.3 Å². The number of carbonyl (C=O) groups excluding carboxylic acids is 2. The summed E-state index contributed by atoms with van der Waals surface area (Å²) in [7, 11) is 0. The Morgan fingerprint density at radius 3 is 2.90 bits per heavy atom. The average molecular weight is 289 g/mol. The standard InChI is InChI=1S/C14H15N3O2S/c1-10-13(18)15-5-8-17(10)14(19)12-11(4-9-20-12)16-6-2-3-7-16/h2-4,6-7,9-10H,5,8H2,1H3,(H,15,18). The molecule has 20 heavy (non-hydrogen) atoms. The van der Waals surface area contributed by atoms with Crippen LogP contribution >= 0.6 is 11.3 Å². The Hall–Kier alpha value is -2.08. The molecule has 1 aliphatic rings. The number of hydrogen-bond acceptors (Lipinski definition) is 3. The molecule has 2 aromatic rings. The molecule has 1 saturated heterocycles. The molecule has 1 unspecified atom stereocenters. The molecule has 0 radical (unpaired) electrons. The van der Waals surface area contributed by atoms with Gasteiger partial charge in [0.15, 0.2) is 0 Å². The third-order valence-corrected chi connectivity index (χ3v) is 4.37. The van der Waals surface area contributed by atoms with Gasteiger partial charge in [0, 0.05) is 25.5 Å². The van der Waals surface area contributed by atoms with E-state index in [-0.39, 0.29) is 11.8 Å². The third-order valence-electron chi connectivity index (χ3n) is 3.48. The molecule has 0 bridgehead atoms. The number of nitrogens with one attached hydrogen (secondary N) is 1. The number of carbonyl (C=O) groups is 2. The van der Waals surface area contributed by atoms with E-state index in [1.54, 1.807) is 11.8 Å². The van der Waals surface area contributed by atoms with Gasteiger partial charge in [-0.25, -0.2) is 0 Å². The summed E-state index contributed by atoms with van der Waals surface area (Å²) in [5, 5.41) is 4.67. The van der Waals surface area contributed by atoms with Gasteiger partial charge in [0.2, 0.25) is 5.91 Å². The molecule has 0 spiro atoms. The monoisotopic (exact) mass is 289 g/mol. The maximum Gasteiger partial charge on any atom is 0.266 e. The number of nitrogens with zero attached hydrogens (tertiary/aromatic N) is 2. The summed E-state index contributed by atoms with van der Waals surface area (Å²) in [6.45, 7) is 2.82. The Morgan fingerprint density at radius 2 is 2.15 bits per heavy atom. The predicted octanol–water partition coefficient (Wildman–Crippen LogP) is 1.50. The van der Waals surface area contributed by atoms with Crippen LogP contribution in [0.5, 0.6) is 0 Å². The summed E-state index contributed by atoms with van der Waals surface area (Å²) >= 11 is 1.41. The van der Waals surface area contributed by atoms with Gasteiger partial charge in [0.05, 0.1) is 5.69 Å². The van der Waals surface area contributed by atoms with Crippen LogP contribution < -0.4 is 5.32 Å². The summed E-state index contributed by atoms with van der Waals surface area (Å²) in [6.07, 6.45) is 3.82. The van der Waals surface area contributed by atoms with E-state index in [2.05, 4.69) is 5.32 Å². The first kappa shape index (κ1) is 12.9. The van der Waals surface area contributed by atoms with E-state index in [0.717, 1.165) is 5.69 Å². The molecule has 1 aliphatic heterocycles. The smallest absolute Gasteiger partial charge is 0.266 e. The molecule has 0 aromatic carbocycles. The lowest BCUT2D eigenvalue weighted by atomic mass is 10.2. The molecule has 6 heteroatoms. The first-order valence-electron chi connectivity index (χ1n) is 6.48. The lowest BCUT2D eigenvalue weighted by Gasteiger charge is -2.32. The number of thiophene rings is 1. The van der Waals surface area contributed by atoms with Crippen LogP contribution in [0.4, 0.5) is 0 Å². The SMILES string of the molecule is CC1C(=O)NCCN1C(=O)c1sccc1-n1cccc1. The Labute approximate surface area is 120 Å². The molecule has 1 N–H and O–H groups in total. The maximum atomic E-state index is 12.7. The molecule has 1 fully saturated rings. The fourth-order valence-corrected chi connectivity index (χ4v) is 3.20. The largest absolute Gasteiger partial charge is 0.353 e. The van der Waals surface area contributed by atoms with Crippen molar-refractivity contribution < 1.29 is 9.59 Å². The second-order valence-corrected chi connectivity index (χ2v) is 5.61. The molecular formula is C14H15N3O2S. The van der Waals surface area contributed by atoms with Crippen molar-refractivity contribution in [3.05, 3.63) is 40.8 Å². The van der Waals surface area contributed by atoms with E-state index < -0.39 is 6.04 Å². The van der Waals surface area contributed by atoms with Crippen LogP contribution in [0.3, 0.4) is 0 Å². The number of amides is 2. The van der Waals surface area contributed by atoms with Crippen LogP contribution in [0.2, 0.25) is 0 Å². The highest BCUT2D eigenvalue weighted by atomic mass is 32.1. The molecule has 5 nitrogen and oxygen atoms in total. The zero-order chi connectivity index (χ0) is 14.1. The Kier molecular flexibility index (Phi) is 3.31. The second-order valence-electron chi connectivity index (χ2n) is 4.69. The van der Waals surface area contributed by atoms with Gasteiger partial charge in [0.1, 0.15) is 10.9 Å². The van der Waals surface area contributed by atoms with Gasteiger partial charge in [0.25, 0.3) is 5.91 Å². The van der Waals surface area contributed by atoms with Gasteiger partial charge in [-0.1, -0.05) is 0 Å². The van der Waals surface area contributed by atoms with E-state index in [1.165, 1.54) is 11.3 Å². The normalized spacial score (nSPS) is 18.9. The molecule has 3 rings (SSSR count). The molecule has 2 amide bonds. The maximum absolute atomic E-state index is 12.7. The molecule has 0 saturated carbocycles. The average Bonchev–Trinajstić information content (AvgIpc) is 3.10. The third kappa shape index (κ3) is 2.12. The van der Waals surface area contributed by atoms with Gasteiger partial charge < -0.3 is 14.8 Å². The van der Waals surface area contributed by atoms with E-state index in [9.17, 15) is 9.59 Å². The summed E-state index contributed by atoms with van der Waals surface area (Å²) in [6, 6.07) is 5.34. The van der Waals surface area contributed by atoms with Crippen molar-refractivity contribution in [2.75, 3.05) is 13.1 Å². The van der Waals surface area contributed by atoms with Crippen LogP contribution in [-0.4, -0.2) is 40.4 Å². The molecular weight excluding hydrogens is 274 g/mol. The van der Waals surface area contributed by atoms with Gasteiger partial charge in [-0.15, -0.1) is 11.3 Å². The number of rotatable bonds is 2. The van der Waals surface area contributed by atoms with Crippen molar-refractivity contribution >= 4 is 23.2 Å². The van der Waals surface area contributed by atoms with E-state index >= 15 is 0 Å². The van der Waals surface area contributed by atoms with Crippen LogP contribution in [0.15, 0.2) is 36.0 Å². The highest BCUT2D eigenvalue weighted by Gasteiger charge is 2.31. The van der Waals surface area contributed by atoms with Crippen molar-refractivity contribution in [2.24, 2.45) is 0 Å². The Balaban J connectivity index is 1.92. The van der Waals surface area contributed by atoms with Crippen molar-refractivity contribution in [1.29, 1.82) is 0 Å². The fraction of sp³-hybridized carbons (Fsp3) is 0.286. The van der Waals surface area contributed by atoms with Crippen LogP contribution in [-0.2, 0) is 4.79 Å². The highest BCUT2D eigenvalue weighted by Crippen LogP contribution is 2.24. The molecule has 2 aromatic heterocycles. The second kappa shape index (κ2) is 5.13. The summed E-state index contributed by atoms with van der Waals surface area (Å²) < 4.78 is 1.92. The number of aromatic nitrogens is 1. The van der Waals surface area contributed by atoms with Crippen LogP contribution in [0.1, 0.15) is 16.6 Å². The quantitative estimate of drug-likeness (QED) is 0.911. The first-order chi connectivity index (χ1) is 9.68. The van der Waals surface area contributed by atoms with Crippen molar-refractivity contribution in [3.8, 4) is 5.69 Å². The first-order valence-corrected chi connectivity index (χ1v) is 7.36. The van der Waals surface area contributed by atoms with Crippen molar-refractivity contribution in [1.82, 2.24) is 14.8 Å². The zero-order valence-electron chi connectivity index (χ0n) is 11.1. The van der Waals surface area contributed by atoms with Crippen molar-refractivity contribution in [3.63, 3.8) is 0 Å². The van der Waals surface area contributed by atoms with E-state index in [0.29, 0.717) is 18.0 Å². The number of piperazine rings is 1. The minimum absolute atomic E-state index is 0.0777. The lowest BCUT2D eigenvalue weighted by molar-refractivity contribution is -0.127. The minimum atomic E-state index is -0.420. The number of hydrogen-bond donors (Lipinski definition) is 1. The summed E-state index contributed by atoms with van der Waals surface area (Å²) in [4.78, 5) is 26.7. The lowest BCUT2D eigenvalue weighted by Crippen LogP contribution is -2.55. The van der Waals surface area contributed by atoms with Gasteiger partial charge >= 0.3 is 0 Å². The highest BCUT2D eigenvalue weighted by molar-refractivity contribution is 7.12. The fourth-order valence-electron chi connectivity index (χ4n) is 2.35. The Morgan fingerprint density at radius 1 is 1.40 bits per heavy atom. The molecule has 104 valence electrons. The molecule has 3 heterocycles. The predicted molar refractivity (Wildman–Crippen MR) is 77.2 cm³/mol. The minimum Gasteiger partial charge on any atom is -0.353 e. The molecule has 0 aliphatic carbocycles. The Bertz CT molecular complexity index is 633. The van der Waals surface area contributed by atoms with Gasteiger partial charge in [-0.2, -0.15) is 0 Å². The van der Waals surface area contributed by atoms with E-state index in [4.69, 9.17) is 0 Å². The summed E-state index contributed by atoms with van der Waals surface area (Å²) in [5.41, 5.74) is 0.864. The van der Waals surface area contributed by atoms with E-state index in [1.807, 2.05) is 40.5 Å². The van der Waals surface area contributed by atoms with Gasteiger partial charge in [-0.3, -0.25) is 9.59 Å². The van der Waals surface area contributed by atoms with Crippen LogP contribution in [0.25, 0.3) is 5.69 Å². The van der Waals surface area contributed by atoms with Crippen LogP contribution in [0, 0.1) is 0 Å². The summed E-state index contributed by atoms with van der Waals surface area (Å²) in [5.74, 6) is -0.172. The molecule has 1 atom stereocenters. The van der Waals surface area contributed by atoms with Gasteiger partial charge in [-0.05, 0) is 30.5 Å². The zero-order valence-corrected chi connectivity index (χ0v) is 11.9. The van der Waals surface area contributed by atoms with Crippen molar-refractivity contribution in [2.45, 2.75) is 13.0 Å².